The molecule has 0 saturated carbocycles. The average molecular weight is 429 g/mol. The van der Waals surface area contributed by atoms with Crippen molar-refractivity contribution in [3.8, 4) is 5.75 Å². The zero-order chi connectivity index (χ0) is 22.7. The number of aryl methyl sites for hydroxylation is 1. The van der Waals surface area contributed by atoms with Crippen molar-refractivity contribution in [1.29, 1.82) is 0 Å². The van der Waals surface area contributed by atoms with Gasteiger partial charge in [0, 0.05) is 45.1 Å². The second-order valence-corrected chi connectivity index (χ2v) is 8.02. The fraction of sp³-hybridized carbons (Fsp3) is 0.520. The summed E-state index contributed by atoms with van der Waals surface area (Å²) in [5.41, 5.74) is 4.77. The summed E-state index contributed by atoms with van der Waals surface area (Å²) in [6.45, 7) is 14.4. The monoisotopic (exact) mass is 428 g/mol. The number of ether oxygens (including phenoxy) is 3. The zero-order valence-corrected chi connectivity index (χ0v) is 19.5. The molecule has 0 radical (unpaired) electrons. The molecule has 0 unspecified atom stereocenters. The van der Waals surface area contributed by atoms with Crippen molar-refractivity contribution in [3.05, 3.63) is 58.9 Å². The highest BCUT2D eigenvalue weighted by molar-refractivity contribution is 5.43. The number of hydrogen-bond donors (Lipinski definition) is 0. The number of pyridine rings is 1. The largest absolute Gasteiger partial charge is 0.468 e. The van der Waals surface area contributed by atoms with Crippen molar-refractivity contribution in [1.82, 2.24) is 9.88 Å². The van der Waals surface area contributed by atoms with Gasteiger partial charge in [0.05, 0.1) is 18.9 Å². The third-order valence-corrected chi connectivity index (χ3v) is 4.97. The molecule has 0 bridgehead atoms. The maximum atomic E-state index is 9.18. The summed E-state index contributed by atoms with van der Waals surface area (Å²) in [5, 5.41) is 0. The van der Waals surface area contributed by atoms with Gasteiger partial charge in [-0.15, -0.1) is 0 Å². The van der Waals surface area contributed by atoms with E-state index in [1.807, 2.05) is 27.0 Å². The van der Waals surface area contributed by atoms with Gasteiger partial charge in [0.15, 0.2) is 0 Å². The molecule has 6 heteroatoms. The van der Waals surface area contributed by atoms with Crippen LogP contribution in [-0.4, -0.2) is 41.9 Å². The van der Waals surface area contributed by atoms with Gasteiger partial charge in [-0.25, -0.2) is 0 Å². The Morgan fingerprint density at radius 2 is 1.94 bits per heavy atom. The maximum absolute atomic E-state index is 9.18. The first kappa shape index (κ1) is 24.8. The van der Waals surface area contributed by atoms with Crippen LogP contribution in [0.3, 0.4) is 0 Å². The summed E-state index contributed by atoms with van der Waals surface area (Å²) in [4.78, 5) is 16.3. The van der Waals surface area contributed by atoms with Gasteiger partial charge in [-0.3, -0.25) is 14.7 Å². The Morgan fingerprint density at radius 1 is 1.19 bits per heavy atom. The van der Waals surface area contributed by atoms with Crippen LogP contribution >= 0.6 is 0 Å². The molecular weight excluding hydrogens is 392 g/mol. The maximum Gasteiger partial charge on any atom is 0.293 e. The molecule has 0 atom stereocenters. The molecule has 2 aromatic rings. The third-order valence-electron chi connectivity index (χ3n) is 4.97. The number of benzene rings is 1. The predicted molar refractivity (Wildman–Crippen MR) is 122 cm³/mol. The average Bonchev–Trinajstić information content (AvgIpc) is 2.90. The highest BCUT2D eigenvalue weighted by atomic mass is 16.7. The fourth-order valence-electron chi connectivity index (χ4n) is 3.58. The minimum Gasteiger partial charge on any atom is -0.468 e. The van der Waals surface area contributed by atoms with Gasteiger partial charge < -0.3 is 14.2 Å². The van der Waals surface area contributed by atoms with Crippen molar-refractivity contribution < 1.29 is 19.0 Å². The molecule has 31 heavy (non-hydrogen) atoms. The minimum absolute atomic E-state index is 0.431. The van der Waals surface area contributed by atoms with Gasteiger partial charge in [-0.1, -0.05) is 37.3 Å². The van der Waals surface area contributed by atoms with Crippen LogP contribution in [0, 0.1) is 6.92 Å². The van der Waals surface area contributed by atoms with Crippen LogP contribution < -0.4 is 4.74 Å². The van der Waals surface area contributed by atoms with E-state index in [2.05, 4.69) is 51.9 Å². The second kappa shape index (κ2) is 12.4. The van der Waals surface area contributed by atoms with Crippen molar-refractivity contribution >= 4 is 6.47 Å². The van der Waals surface area contributed by atoms with E-state index in [4.69, 9.17) is 9.47 Å². The molecule has 170 valence electrons. The normalized spacial score (nSPS) is 14.5. The van der Waals surface area contributed by atoms with Crippen LogP contribution in [0.5, 0.6) is 5.75 Å². The minimum atomic E-state index is -0.608. The van der Waals surface area contributed by atoms with Crippen molar-refractivity contribution in [3.63, 3.8) is 0 Å². The molecule has 1 aromatic heterocycles. The van der Waals surface area contributed by atoms with Gasteiger partial charge in [-0.2, -0.15) is 0 Å². The lowest BCUT2D eigenvalue weighted by Gasteiger charge is -2.26. The Balaban J connectivity index is 0.000000614. The molecule has 1 aliphatic heterocycles. The summed E-state index contributed by atoms with van der Waals surface area (Å²) in [5.74, 6) is 0.296. The number of fused-ring (bicyclic) bond motifs is 1. The molecule has 1 aromatic carbocycles. The molecule has 0 amide bonds. The Bertz CT molecular complexity index is 809. The number of carbonyl (C=O) groups excluding carboxylic acids is 1. The quantitative estimate of drug-likeness (QED) is 0.570. The van der Waals surface area contributed by atoms with Crippen molar-refractivity contribution in [2.45, 2.75) is 66.3 Å². The van der Waals surface area contributed by atoms with Crippen LogP contribution in [0.4, 0.5) is 0 Å². The summed E-state index contributed by atoms with van der Waals surface area (Å²) in [6, 6.07) is 10.7. The summed E-state index contributed by atoms with van der Waals surface area (Å²) in [6.07, 6.45) is 4.01. The van der Waals surface area contributed by atoms with E-state index in [0.717, 1.165) is 43.9 Å². The molecule has 0 fully saturated rings. The molecule has 0 N–H and O–H groups in total. The lowest BCUT2D eigenvalue weighted by molar-refractivity contribution is -0.149. The van der Waals surface area contributed by atoms with Crippen molar-refractivity contribution in [2.24, 2.45) is 0 Å². The van der Waals surface area contributed by atoms with Crippen LogP contribution in [0.15, 0.2) is 36.5 Å². The van der Waals surface area contributed by atoms with Gasteiger partial charge in [0.2, 0.25) is 5.79 Å². The lowest BCUT2D eigenvalue weighted by atomic mass is 10.0. The number of carbonyl (C=O) groups is 1. The van der Waals surface area contributed by atoms with E-state index < -0.39 is 5.79 Å². The van der Waals surface area contributed by atoms with E-state index in [1.54, 1.807) is 6.92 Å². The highest BCUT2D eigenvalue weighted by Gasteiger charge is 2.28. The van der Waals surface area contributed by atoms with Crippen LogP contribution in [-0.2, 0) is 33.8 Å². The highest BCUT2D eigenvalue weighted by Crippen LogP contribution is 2.33. The van der Waals surface area contributed by atoms with Gasteiger partial charge in [0.25, 0.3) is 6.47 Å². The fourth-order valence-corrected chi connectivity index (χ4v) is 3.58. The Labute approximate surface area is 186 Å². The van der Waals surface area contributed by atoms with Crippen LogP contribution in [0.25, 0.3) is 0 Å². The first-order valence-corrected chi connectivity index (χ1v) is 11.0. The van der Waals surface area contributed by atoms with E-state index in [1.165, 1.54) is 16.7 Å². The summed E-state index contributed by atoms with van der Waals surface area (Å²) in [7, 11) is 0. The lowest BCUT2D eigenvalue weighted by Crippen LogP contribution is -2.31. The molecule has 3 rings (SSSR count). The Morgan fingerprint density at radius 3 is 2.55 bits per heavy atom. The number of hydrogen-bond acceptors (Lipinski definition) is 6. The first-order valence-electron chi connectivity index (χ1n) is 11.0. The van der Waals surface area contributed by atoms with Crippen LogP contribution in [0.1, 0.15) is 56.5 Å². The Hall–Kier alpha value is -2.44. The third kappa shape index (κ3) is 7.96. The van der Waals surface area contributed by atoms with Gasteiger partial charge in [-0.05, 0) is 37.9 Å². The SMILES string of the molecule is CCCN(Cc1ccccc1)Cc1cnc(C)c2c1CCOC(C)(C)O2.CCOC=O. The molecule has 6 nitrogen and oxygen atoms in total. The molecule has 0 spiro atoms. The Kier molecular flexibility index (Phi) is 9.95. The number of nitrogens with zero attached hydrogens (tertiary/aromatic N) is 2. The topological polar surface area (TPSA) is 60.9 Å². The van der Waals surface area contributed by atoms with Crippen molar-refractivity contribution in [2.75, 3.05) is 19.8 Å². The van der Waals surface area contributed by atoms with Crippen LogP contribution in [0.2, 0.25) is 0 Å². The zero-order valence-electron chi connectivity index (χ0n) is 19.5. The standard InChI is InChI=1S/C22H30N2O2.C3H6O2/c1-5-12-24(15-18-9-7-6-8-10-18)16-19-14-23-17(2)21-20(19)11-13-25-22(3,4)26-21;1-2-5-3-4/h6-10,14H,5,11-13,15-16H2,1-4H3;3H,2H2,1H3. The molecule has 0 aliphatic carbocycles. The number of aromatic nitrogens is 1. The molecule has 2 heterocycles. The van der Waals surface area contributed by atoms with E-state index in [9.17, 15) is 4.79 Å². The summed E-state index contributed by atoms with van der Waals surface area (Å²) < 4.78 is 16.2. The first-order chi connectivity index (χ1) is 14.9. The smallest absolute Gasteiger partial charge is 0.293 e. The van der Waals surface area contributed by atoms with E-state index in [-0.39, 0.29) is 0 Å². The molecule has 0 saturated heterocycles. The predicted octanol–water partition coefficient (Wildman–Crippen LogP) is 4.67. The van der Waals surface area contributed by atoms with Gasteiger partial charge >= 0.3 is 0 Å². The van der Waals surface area contributed by atoms with Gasteiger partial charge in [0.1, 0.15) is 5.75 Å². The summed E-state index contributed by atoms with van der Waals surface area (Å²) >= 11 is 0. The van der Waals surface area contributed by atoms with E-state index >= 15 is 0 Å². The molecule has 1 aliphatic rings. The second-order valence-electron chi connectivity index (χ2n) is 8.02. The number of rotatable bonds is 8. The van der Waals surface area contributed by atoms with E-state index in [0.29, 0.717) is 19.7 Å². The molecular formula is C25H36N2O4.